The number of carbonyl (C=O) groups excluding carboxylic acids is 2. The molecule has 1 heterocycles. The number of nitrogens with two attached hydrogens (primary N) is 1. The third kappa shape index (κ3) is 2.78. The van der Waals surface area contributed by atoms with E-state index in [1.807, 2.05) is 0 Å². The molecule has 0 aliphatic carbocycles. The maximum atomic E-state index is 12.6. The molecule has 108 valence electrons. The largest absolute Gasteiger partial charge is 0.398 e. The van der Waals surface area contributed by atoms with Crippen LogP contribution in [0.5, 0.6) is 0 Å². The molecule has 1 saturated heterocycles. The first-order valence-electron chi connectivity index (χ1n) is 6.20. The van der Waals surface area contributed by atoms with Gasteiger partial charge in [-0.1, -0.05) is 6.07 Å². The highest BCUT2D eigenvalue weighted by Gasteiger charge is 2.33. The van der Waals surface area contributed by atoms with Gasteiger partial charge in [0.1, 0.15) is 6.04 Å². The first-order chi connectivity index (χ1) is 9.56. The summed E-state index contributed by atoms with van der Waals surface area (Å²) in [6, 6.07) is 4.48. The second-order valence-corrected chi connectivity index (χ2v) is 5.21. The Morgan fingerprint density at radius 2 is 2.25 bits per heavy atom. The van der Waals surface area contributed by atoms with E-state index in [1.165, 1.54) is 11.9 Å². The number of likely N-dealkylation sites (N-methyl/N-ethyl adjacent to an activating group) is 1. The number of rotatable bonds is 2. The maximum Gasteiger partial charge on any atom is 0.255 e. The molecule has 1 fully saturated rings. The van der Waals surface area contributed by atoms with E-state index in [0.29, 0.717) is 28.9 Å². The van der Waals surface area contributed by atoms with Gasteiger partial charge in [-0.3, -0.25) is 9.59 Å². The summed E-state index contributed by atoms with van der Waals surface area (Å²) in [4.78, 5) is 26.0. The van der Waals surface area contributed by atoms with Crippen LogP contribution >= 0.6 is 15.9 Å². The smallest absolute Gasteiger partial charge is 0.255 e. The maximum absolute atomic E-state index is 12.6. The highest BCUT2D eigenvalue weighted by atomic mass is 79.9. The van der Waals surface area contributed by atoms with Crippen molar-refractivity contribution in [3.63, 3.8) is 0 Å². The van der Waals surface area contributed by atoms with Crippen LogP contribution in [0.15, 0.2) is 22.7 Å². The van der Waals surface area contributed by atoms with Crippen molar-refractivity contribution in [1.82, 2.24) is 10.2 Å². The molecule has 7 heteroatoms. The van der Waals surface area contributed by atoms with E-state index in [1.54, 1.807) is 18.2 Å². The average Bonchev–Trinajstić information content (AvgIpc) is 2.48. The van der Waals surface area contributed by atoms with Crippen molar-refractivity contribution in [2.24, 2.45) is 0 Å². The molecule has 1 aromatic rings. The summed E-state index contributed by atoms with van der Waals surface area (Å²) in [7, 11) is 1.54. The summed E-state index contributed by atoms with van der Waals surface area (Å²) in [5.74, 6) is -0.473. The Labute approximate surface area is 125 Å². The number of hydrogen-bond acceptors (Lipinski definition) is 4. The van der Waals surface area contributed by atoms with Gasteiger partial charge in [-0.2, -0.15) is 0 Å². The molecule has 1 aliphatic rings. The van der Waals surface area contributed by atoms with Crippen molar-refractivity contribution < 1.29 is 14.3 Å². The first kappa shape index (κ1) is 14.8. The topological polar surface area (TPSA) is 84.7 Å². The fraction of sp³-hybridized carbons (Fsp3) is 0.385. The van der Waals surface area contributed by atoms with Crippen LogP contribution in [0, 0.1) is 0 Å². The molecule has 2 amide bonds. The molecule has 6 nitrogen and oxygen atoms in total. The molecule has 0 spiro atoms. The minimum Gasteiger partial charge on any atom is -0.398 e. The number of halogens is 1. The van der Waals surface area contributed by atoms with Gasteiger partial charge in [-0.15, -0.1) is 0 Å². The quantitative estimate of drug-likeness (QED) is 0.772. The SMILES string of the molecule is CNC(=O)C1COCCN1C(=O)c1cccc(N)c1Br. The van der Waals surface area contributed by atoms with Crippen LogP contribution in [-0.4, -0.2) is 49.6 Å². The number of ether oxygens (including phenoxy) is 1. The van der Waals surface area contributed by atoms with Crippen molar-refractivity contribution in [3.8, 4) is 0 Å². The van der Waals surface area contributed by atoms with Crippen molar-refractivity contribution >= 4 is 33.4 Å². The van der Waals surface area contributed by atoms with Gasteiger partial charge < -0.3 is 20.7 Å². The number of hydrogen-bond donors (Lipinski definition) is 2. The van der Waals surface area contributed by atoms with Crippen LogP contribution < -0.4 is 11.1 Å². The summed E-state index contributed by atoms with van der Waals surface area (Å²) in [6.07, 6.45) is 0. The van der Waals surface area contributed by atoms with Crippen LogP contribution in [0.3, 0.4) is 0 Å². The van der Waals surface area contributed by atoms with Gasteiger partial charge in [-0.25, -0.2) is 0 Å². The van der Waals surface area contributed by atoms with Gasteiger partial charge >= 0.3 is 0 Å². The first-order valence-corrected chi connectivity index (χ1v) is 7.00. The lowest BCUT2D eigenvalue weighted by Gasteiger charge is -2.34. The summed E-state index contributed by atoms with van der Waals surface area (Å²) in [5.41, 5.74) is 6.72. The molecule has 0 aromatic heterocycles. The zero-order valence-electron chi connectivity index (χ0n) is 11.1. The van der Waals surface area contributed by atoms with Gasteiger partial charge in [0.05, 0.1) is 23.2 Å². The Balaban J connectivity index is 2.30. The Bertz CT molecular complexity index is 536. The molecule has 0 bridgehead atoms. The van der Waals surface area contributed by atoms with E-state index < -0.39 is 6.04 Å². The molecule has 1 unspecified atom stereocenters. The Kier molecular flexibility index (Phi) is 4.61. The predicted octanol–water partition coefficient (Wildman–Crippen LogP) is 0.618. The minimum absolute atomic E-state index is 0.200. The van der Waals surface area contributed by atoms with E-state index >= 15 is 0 Å². The number of anilines is 1. The second kappa shape index (κ2) is 6.23. The van der Waals surface area contributed by atoms with Crippen LogP contribution in [-0.2, 0) is 9.53 Å². The zero-order valence-corrected chi connectivity index (χ0v) is 12.6. The van der Waals surface area contributed by atoms with Crippen molar-refractivity contribution in [1.29, 1.82) is 0 Å². The fourth-order valence-electron chi connectivity index (χ4n) is 2.10. The van der Waals surface area contributed by atoms with Crippen LogP contribution in [0.2, 0.25) is 0 Å². The number of nitrogens with one attached hydrogen (secondary N) is 1. The number of carbonyl (C=O) groups is 2. The number of benzene rings is 1. The monoisotopic (exact) mass is 341 g/mol. The van der Waals surface area contributed by atoms with Crippen LogP contribution in [0.4, 0.5) is 5.69 Å². The summed E-state index contributed by atoms with van der Waals surface area (Å²) in [5, 5.41) is 2.55. The number of amides is 2. The van der Waals surface area contributed by atoms with Gasteiger partial charge in [0.15, 0.2) is 0 Å². The average molecular weight is 342 g/mol. The predicted molar refractivity (Wildman–Crippen MR) is 78.3 cm³/mol. The van der Waals surface area contributed by atoms with E-state index in [4.69, 9.17) is 10.5 Å². The van der Waals surface area contributed by atoms with Gasteiger partial charge in [0.2, 0.25) is 5.91 Å². The zero-order chi connectivity index (χ0) is 14.7. The van der Waals surface area contributed by atoms with Crippen LogP contribution in [0.25, 0.3) is 0 Å². The van der Waals surface area contributed by atoms with Crippen molar-refractivity contribution in [2.45, 2.75) is 6.04 Å². The molecule has 1 aromatic carbocycles. The lowest BCUT2D eigenvalue weighted by Crippen LogP contribution is -2.55. The molecule has 2 rings (SSSR count). The molecule has 3 N–H and O–H groups in total. The number of morpholine rings is 1. The summed E-state index contributed by atoms with van der Waals surface area (Å²) < 4.78 is 5.83. The van der Waals surface area contributed by atoms with Gasteiger partial charge in [0.25, 0.3) is 5.91 Å². The molecule has 1 atom stereocenters. The van der Waals surface area contributed by atoms with E-state index in [-0.39, 0.29) is 18.4 Å². The summed E-state index contributed by atoms with van der Waals surface area (Å²) >= 11 is 3.32. The minimum atomic E-state index is -0.616. The Morgan fingerprint density at radius 1 is 1.50 bits per heavy atom. The highest BCUT2D eigenvalue weighted by molar-refractivity contribution is 9.10. The van der Waals surface area contributed by atoms with Crippen molar-refractivity contribution in [3.05, 3.63) is 28.2 Å². The molecule has 20 heavy (non-hydrogen) atoms. The third-order valence-electron chi connectivity index (χ3n) is 3.20. The van der Waals surface area contributed by atoms with Crippen molar-refractivity contribution in [2.75, 3.05) is 32.5 Å². The van der Waals surface area contributed by atoms with Gasteiger partial charge in [0, 0.05) is 19.3 Å². The number of nitrogens with zero attached hydrogens (tertiary/aromatic N) is 1. The van der Waals surface area contributed by atoms with Crippen LogP contribution in [0.1, 0.15) is 10.4 Å². The Hall–Kier alpha value is -1.60. The molecular formula is C13H16BrN3O3. The van der Waals surface area contributed by atoms with E-state index in [2.05, 4.69) is 21.2 Å². The highest BCUT2D eigenvalue weighted by Crippen LogP contribution is 2.26. The fourth-order valence-corrected chi connectivity index (χ4v) is 2.53. The molecular weight excluding hydrogens is 326 g/mol. The Morgan fingerprint density at radius 3 is 2.95 bits per heavy atom. The second-order valence-electron chi connectivity index (χ2n) is 4.41. The molecule has 0 radical (unpaired) electrons. The standard InChI is InChI=1S/C13H16BrN3O3/c1-16-12(18)10-7-20-6-5-17(10)13(19)8-3-2-4-9(15)11(8)14/h2-4,10H,5-7,15H2,1H3,(H,16,18). The van der Waals surface area contributed by atoms with E-state index in [0.717, 1.165) is 0 Å². The van der Waals surface area contributed by atoms with E-state index in [9.17, 15) is 9.59 Å². The molecule has 0 saturated carbocycles. The number of nitrogen functional groups attached to an aromatic ring is 1. The lowest BCUT2D eigenvalue weighted by molar-refractivity contribution is -0.130. The lowest BCUT2D eigenvalue weighted by atomic mass is 10.1. The third-order valence-corrected chi connectivity index (χ3v) is 4.08. The molecule has 1 aliphatic heterocycles. The van der Waals surface area contributed by atoms with Gasteiger partial charge in [-0.05, 0) is 28.1 Å². The summed E-state index contributed by atoms with van der Waals surface area (Å²) in [6.45, 7) is 0.989. The normalized spacial score (nSPS) is 18.7.